The lowest BCUT2D eigenvalue weighted by atomic mass is 10.0. The summed E-state index contributed by atoms with van der Waals surface area (Å²) in [5.74, 6) is -0.223. The van der Waals surface area contributed by atoms with E-state index in [4.69, 9.17) is 0 Å². The minimum absolute atomic E-state index is 0.0262. The van der Waals surface area contributed by atoms with Gasteiger partial charge in [-0.1, -0.05) is 25.1 Å². The van der Waals surface area contributed by atoms with Crippen molar-refractivity contribution < 1.29 is 14.4 Å². The molecule has 1 fully saturated rings. The number of nitrogens with zero attached hydrogens (tertiary/aromatic N) is 1. The molecule has 0 unspecified atom stereocenters. The number of rotatable bonds is 7. The Labute approximate surface area is 177 Å². The molecule has 3 N–H and O–H groups in total. The average Bonchev–Trinajstić information content (AvgIpc) is 3.07. The molecule has 0 radical (unpaired) electrons. The second-order valence-corrected chi connectivity index (χ2v) is 7.83. The largest absolute Gasteiger partial charge is 0.354 e. The number of hydrogen-bond donors (Lipinski definition) is 3. The van der Waals surface area contributed by atoms with E-state index in [0.717, 1.165) is 42.9 Å². The average molecular weight is 411 g/mol. The molecule has 2 heterocycles. The number of para-hydroxylation sites is 1. The molecule has 2 aromatic rings. The first-order chi connectivity index (χ1) is 14.4. The molecule has 0 spiro atoms. The third-order valence-corrected chi connectivity index (χ3v) is 5.57. The van der Waals surface area contributed by atoms with Crippen molar-refractivity contribution in [2.75, 3.05) is 25.0 Å². The molecule has 0 aliphatic carbocycles. The predicted molar refractivity (Wildman–Crippen MR) is 117 cm³/mol. The number of Topliss-reactive ketones (excluding diaryl/α,β-unsaturated/α-hetero) is 1. The van der Waals surface area contributed by atoms with Gasteiger partial charge in [-0.05, 0) is 50.8 Å². The summed E-state index contributed by atoms with van der Waals surface area (Å²) in [6.45, 7) is 7.14. The number of aromatic amines is 1. The van der Waals surface area contributed by atoms with E-state index >= 15 is 0 Å². The van der Waals surface area contributed by atoms with Gasteiger partial charge in [-0.25, -0.2) is 0 Å². The van der Waals surface area contributed by atoms with Gasteiger partial charge in [0.2, 0.25) is 5.91 Å². The maximum Gasteiger partial charge on any atom is 0.268 e. The Kier molecular flexibility index (Phi) is 7.05. The molecule has 1 aliphatic rings. The highest BCUT2D eigenvalue weighted by atomic mass is 16.2. The number of amides is 2. The Morgan fingerprint density at radius 2 is 1.80 bits per heavy atom. The summed E-state index contributed by atoms with van der Waals surface area (Å²) in [4.78, 5) is 42.2. The molecule has 7 heteroatoms. The van der Waals surface area contributed by atoms with Crippen molar-refractivity contribution in [2.45, 2.75) is 46.1 Å². The number of hydrogen-bond acceptors (Lipinski definition) is 4. The van der Waals surface area contributed by atoms with Gasteiger partial charge in [0.1, 0.15) is 5.69 Å². The summed E-state index contributed by atoms with van der Waals surface area (Å²) in [7, 11) is 0. The normalized spacial score (nSPS) is 15.0. The highest BCUT2D eigenvalue weighted by molar-refractivity contribution is 6.02. The molecule has 0 bridgehead atoms. The smallest absolute Gasteiger partial charge is 0.268 e. The number of nitrogens with one attached hydrogen (secondary N) is 3. The zero-order valence-electron chi connectivity index (χ0n) is 17.9. The van der Waals surface area contributed by atoms with Gasteiger partial charge in [-0.3, -0.25) is 19.3 Å². The van der Waals surface area contributed by atoms with Gasteiger partial charge in [0.05, 0.1) is 6.54 Å². The number of piperidine rings is 1. The molecule has 7 nitrogen and oxygen atoms in total. The summed E-state index contributed by atoms with van der Waals surface area (Å²) in [5, 5.41) is 6.00. The zero-order valence-corrected chi connectivity index (χ0v) is 17.9. The Hall–Kier alpha value is -2.93. The lowest BCUT2D eigenvalue weighted by Gasteiger charge is -2.31. The minimum Gasteiger partial charge on any atom is -0.354 e. The molecule has 1 aromatic heterocycles. The van der Waals surface area contributed by atoms with E-state index in [1.807, 2.05) is 44.2 Å². The van der Waals surface area contributed by atoms with Crippen LogP contribution in [-0.2, 0) is 11.2 Å². The van der Waals surface area contributed by atoms with Crippen LogP contribution in [0.2, 0.25) is 0 Å². The number of H-pyrrole nitrogens is 1. The topological polar surface area (TPSA) is 94.3 Å². The Morgan fingerprint density at radius 3 is 2.40 bits per heavy atom. The van der Waals surface area contributed by atoms with Crippen molar-refractivity contribution in [1.29, 1.82) is 0 Å². The van der Waals surface area contributed by atoms with Gasteiger partial charge in [0.15, 0.2) is 5.78 Å². The number of likely N-dealkylation sites (tertiary alicyclic amines) is 1. The van der Waals surface area contributed by atoms with E-state index in [0.29, 0.717) is 24.2 Å². The molecular formula is C23H30N4O3. The predicted octanol–water partition coefficient (Wildman–Crippen LogP) is 2.92. The van der Waals surface area contributed by atoms with Crippen molar-refractivity contribution in [3.05, 3.63) is 52.8 Å². The molecule has 30 heavy (non-hydrogen) atoms. The SMILES string of the molecule is CCc1c(C(=O)NC2CCN(CC(=O)Nc3ccccc3)CC2)[nH]c(C)c1C(C)=O. The number of aryl methyl sites for hydroxylation is 1. The van der Waals surface area contributed by atoms with E-state index < -0.39 is 0 Å². The second kappa shape index (κ2) is 9.71. The fourth-order valence-corrected chi connectivity index (χ4v) is 4.12. The maximum atomic E-state index is 12.8. The van der Waals surface area contributed by atoms with Crippen LogP contribution in [0.3, 0.4) is 0 Å². The molecule has 0 saturated carbocycles. The van der Waals surface area contributed by atoms with Crippen LogP contribution in [0.25, 0.3) is 0 Å². The van der Waals surface area contributed by atoms with Crippen LogP contribution in [0.5, 0.6) is 0 Å². The van der Waals surface area contributed by atoms with Crippen molar-refractivity contribution >= 4 is 23.3 Å². The number of anilines is 1. The fourth-order valence-electron chi connectivity index (χ4n) is 4.12. The quantitative estimate of drug-likeness (QED) is 0.612. The van der Waals surface area contributed by atoms with E-state index in [1.165, 1.54) is 6.92 Å². The highest BCUT2D eigenvalue weighted by Crippen LogP contribution is 2.21. The van der Waals surface area contributed by atoms with Crippen LogP contribution in [0, 0.1) is 6.92 Å². The third-order valence-electron chi connectivity index (χ3n) is 5.57. The van der Waals surface area contributed by atoms with E-state index in [2.05, 4.69) is 20.5 Å². The Bertz CT molecular complexity index is 912. The van der Waals surface area contributed by atoms with Gasteiger partial charge in [0.25, 0.3) is 5.91 Å². The third kappa shape index (κ3) is 5.16. The molecular weight excluding hydrogens is 380 g/mol. The van der Waals surface area contributed by atoms with Crippen LogP contribution in [-0.4, -0.2) is 53.2 Å². The Morgan fingerprint density at radius 1 is 1.13 bits per heavy atom. The monoisotopic (exact) mass is 410 g/mol. The van der Waals surface area contributed by atoms with E-state index in [-0.39, 0.29) is 23.6 Å². The summed E-state index contributed by atoms with van der Waals surface area (Å²) in [6.07, 6.45) is 2.19. The van der Waals surface area contributed by atoms with Crippen LogP contribution in [0.4, 0.5) is 5.69 Å². The maximum absolute atomic E-state index is 12.8. The lowest BCUT2D eigenvalue weighted by molar-refractivity contribution is -0.117. The first-order valence-electron chi connectivity index (χ1n) is 10.5. The zero-order chi connectivity index (χ0) is 21.7. The van der Waals surface area contributed by atoms with Crippen LogP contribution in [0.1, 0.15) is 58.8 Å². The van der Waals surface area contributed by atoms with Crippen LogP contribution >= 0.6 is 0 Å². The van der Waals surface area contributed by atoms with Crippen molar-refractivity contribution in [2.24, 2.45) is 0 Å². The second-order valence-electron chi connectivity index (χ2n) is 7.83. The molecule has 1 aliphatic heterocycles. The fraction of sp³-hybridized carbons (Fsp3) is 0.435. The first kappa shape index (κ1) is 21.8. The lowest BCUT2D eigenvalue weighted by Crippen LogP contribution is -2.46. The number of carbonyl (C=O) groups excluding carboxylic acids is 3. The van der Waals surface area contributed by atoms with Gasteiger partial charge in [-0.15, -0.1) is 0 Å². The molecule has 1 saturated heterocycles. The Balaban J connectivity index is 1.51. The molecule has 1 aromatic carbocycles. The van der Waals surface area contributed by atoms with Gasteiger partial charge >= 0.3 is 0 Å². The summed E-state index contributed by atoms with van der Waals surface area (Å²) in [6, 6.07) is 9.47. The minimum atomic E-state index is -0.164. The summed E-state index contributed by atoms with van der Waals surface area (Å²) in [5.41, 5.74) is 3.44. The van der Waals surface area contributed by atoms with Gasteiger partial charge in [0, 0.05) is 36.1 Å². The van der Waals surface area contributed by atoms with Crippen molar-refractivity contribution in [3.8, 4) is 0 Å². The molecule has 0 atom stereocenters. The molecule has 160 valence electrons. The van der Waals surface area contributed by atoms with Gasteiger partial charge < -0.3 is 15.6 Å². The highest BCUT2D eigenvalue weighted by Gasteiger charge is 2.26. The summed E-state index contributed by atoms with van der Waals surface area (Å²) >= 11 is 0. The molecule has 2 amide bonds. The van der Waals surface area contributed by atoms with Crippen molar-refractivity contribution in [1.82, 2.24) is 15.2 Å². The number of carbonyl (C=O) groups is 3. The van der Waals surface area contributed by atoms with Crippen molar-refractivity contribution in [3.63, 3.8) is 0 Å². The van der Waals surface area contributed by atoms with E-state index in [9.17, 15) is 14.4 Å². The van der Waals surface area contributed by atoms with Crippen LogP contribution in [0.15, 0.2) is 30.3 Å². The number of aromatic nitrogens is 1. The van der Waals surface area contributed by atoms with E-state index in [1.54, 1.807) is 0 Å². The standard InChI is InChI=1S/C23H30N4O3/c1-4-19-21(16(3)28)15(2)24-22(19)23(30)26-18-10-12-27(13-11-18)14-20(29)25-17-8-6-5-7-9-17/h5-9,18,24H,4,10-14H2,1-3H3,(H,25,29)(H,26,30). The first-order valence-corrected chi connectivity index (χ1v) is 10.5. The van der Waals surface area contributed by atoms with Crippen LogP contribution < -0.4 is 10.6 Å². The summed E-state index contributed by atoms with van der Waals surface area (Å²) < 4.78 is 0. The van der Waals surface area contributed by atoms with Gasteiger partial charge in [-0.2, -0.15) is 0 Å². The molecule has 3 rings (SSSR count). The number of ketones is 1. The number of benzene rings is 1.